The van der Waals surface area contributed by atoms with Crippen molar-refractivity contribution in [3.8, 4) is 17.2 Å². The molecule has 0 fully saturated rings. The van der Waals surface area contributed by atoms with Crippen LogP contribution < -0.4 is 29.1 Å². The van der Waals surface area contributed by atoms with Crippen LogP contribution in [0.15, 0.2) is 92.8 Å². The van der Waals surface area contributed by atoms with E-state index < -0.39 is 12.0 Å². The molecule has 4 aromatic rings. The van der Waals surface area contributed by atoms with Crippen molar-refractivity contribution in [3.05, 3.63) is 119 Å². The van der Waals surface area contributed by atoms with Crippen molar-refractivity contribution >= 4 is 39.3 Å². The van der Waals surface area contributed by atoms with Crippen LogP contribution in [0.5, 0.6) is 17.2 Å². The molecule has 0 aliphatic carbocycles. The number of benzene rings is 3. The quantitative estimate of drug-likeness (QED) is 0.221. The molecule has 1 aliphatic rings. The Morgan fingerprint density at radius 2 is 1.71 bits per heavy atom. The first kappa shape index (κ1) is 29.3. The second-order valence-electron chi connectivity index (χ2n) is 9.21. The lowest BCUT2D eigenvalue weighted by Gasteiger charge is -2.23. The summed E-state index contributed by atoms with van der Waals surface area (Å²) in [6.45, 7) is 5.11. The smallest absolute Gasteiger partial charge is 0.337 e. The summed E-state index contributed by atoms with van der Waals surface area (Å²) in [5.41, 5.74) is 2.51. The van der Waals surface area contributed by atoms with Gasteiger partial charge in [-0.1, -0.05) is 53.8 Å². The maximum absolute atomic E-state index is 13.9. The van der Waals surface area contributed by atoms with Crippen molar-refractivity contribution in [2.45, 2.75) is 26.5 Å². The molecule has 8 nitrogen and oxygen atoms in total. The lowest BCUT2D eigenvalue weighted by molar-refractivity contribution is -0.136. The number of carbonyl (C=O) groups excluding carboxylic acids is 1. The number of nitrogens with zero attached hydrogens (tertiary/aromatic N) is 2. The highest BCUT2D eigenvalue weighted by Gasteiger charge is 2.31. The molecule has 0 saturated carbocycles. The number of halogens is 1. The van der Waals surface area contributed by atoms with E-state index in [1.165, 1.54) is 29.2 Å². The van der Waals surface area contributed by atoms with E-state index in [0.29, 0.717) is 52.0 Å². The molecule has 0 bridgehead atoms. The first-order chi connectivity index (χ1) is 20.4. The Kier molecular flexibility index (Phi) is 9.24. The van der Waals surface area contributed by atoms with Gasteiger partial charge in [0.2, 0.25) is 0 Å². The van der Waals surface area contributed by atoms with Gasteiger partial charge in [-0.25, -0.2) is 9.79 Å². The molecule has 0 unspecified atom stereocenters. The molecule has 2 heterocycles. The summed E-state index contributed by atoms with van der Waals surface area (Å²) >= 11 is 4.84. The average Bonchev–Trinajstić information content (AvgIpc) is 3.32. The number of carbonyl (C=O) groups is 1. The molecule has 0 N–H and O–H groups in total. The zero-order valence-electron chi connectivity index (χ0n) is 23.3. The van der Waals surface area contributed by atoms with Gasteiger partial charge >= 0.3 is 5.97 Å². The summed E-state index contributed by atoms with van der Waals surface area (Å²) in [5, 5.41) is 0. The van der Waals surface area contributed by atoms with Crippen molar-refractivity contribution in [1.29, 1.82) is 0 Å². The molecule has 0 saturated heterocycles. The van der Waals surface area contributed by atoms with E-state index in [2.05, 4.69) is 20.9 Å². The van der Waals surface area contributed by atoms with Gasteiger partial charge in [-0.3, -0.25) is 9.36 Å². The fourth-order valence-corrected chi connectivity index (χ4v) is 6.08. The third kappa shape index (κ3) is 6.19. The fraction of sp³-hybridized carbons (Fsp3) is 0.219. The van der Waals surface area contributed by atoms with Crippen molar-refractivity contribution in [2.75, 3.05) is 20.3 Å². The molecule has 1 atom stereocenters. The number of rotatable bonds is 10. The van der Waals surface area contributed by atoms with Crippen LogP contribution in [-0.4, -0.2) is 30.9 Å². The fourth-order valence-electron chi connectivity index (χ4n) is 4.60. The van der Waals surface area contributed by atoms with Gasteiger partial charge in [-0.05, 0) is 76.8 Å². The first-order valence-corrected chi connectivity index (χ1v) is 15.0. The van der Waals surface area contributed by atoms with E-state index in [0.717, 1.165) is 15.6 Å². The number of esters is 1. The number of ether oxygens (including phenoxy) is 4. The minimum Gasteiger partial charge on any atom is -0.490 e. The normalized spacial score (nSPS) is 14.4. The Labute approximate surface area is 255 Å². The molecule has 1 aliphatic heterocycles. The van der Waals surface area contributed by atoms with E-state index in [4.69, 9.17) is 18.9 Å². The second kappa shape index (κ2) is 13.2. The van der Waals surface area contributed by atoms with E-state index in [1.807, 2.05) is 68.4 Å². The number of hydrogen-bond acceptors (Lipinski definition) is 8. The van der Waals surface area contributed by atoms with Crippen LogP contribution in [0.2, 0.25) is 0 Å². The zero-order chi connectivity index (χ0) is 29.6. The molecule has 0 spiro atoms. The van der Waals surface area contributed by atoms with Crippen LogP contribution in [0.4, 0.5) is 0 Å². The Hall–Kier alpha value is -4.15. The molecule has 0 amide bonds. The third-order valence-electron chi connectivity index (χ3n) is 6.50. The lowest BCUT2D eigenvalue weighted by atomic mass is 9.97. The Morgan fingerprint density at radius 3 is 2.43 bits per heavy atom. The summed E-state index contributed by atoms with van der Waals surface area (Å²) in [6.07, 6.45) is 3.27. The van der Waals surface area contributed by atoms with Gasteiger partial charge in [0, 0.05) is 6.20 Å². The summed E-state index contributed by atoms with van der Waals surface area (Å²) < 4.78 is 25.3. The van der Waals surface area contributed by atoms with Gasteiger partial charge in [0.25, 0.3) is 5.56 Å². The molecular formula is C32H29BrN2O6S. The predicted octanol–water partition coefficient (Wildman–Crippen LogP) is 5.16. The molecule has 5 rings (SSSR count). The minimum atomic E-state index is -0.758. The largest absolute Gasteiger partial charge is 0.490 e. The van der Waals surface area contributed by atoms with Crippen LogP contribution in [0, 0.1) is 0 Å². The number of thiazole rings is 1. The first-order valence-electron chi connectivity index (χ1n) is 13.4. The van der Waals surface area contributed by atoms with Gasteiger partial charge in [0.1, 0.15) is 12.4 Å². The number of fused-ring (bicyclic) bond motifs is 1. The molecule has 1 aromatic heterocycles. The van der Waals surface area contributed by atoms with Crippen LogP contribution in [0.3, 0.4) is 0 Å². The van der Waals surface area contributed by atoms with E-state index >= 15 is 0 Å². The van der Waals surface area contributed by atoms with Gasteiger partial charge in [0.05, 0.1) is 40.9 Å². The summed E-state index contributed by atoms with van der Waals surface area (Å²) in [5.74, 6) is 1.24. The third-order valence-corrected chi connectivity index (χ3v) is 8.12. The highest BCUT2D eigenvalue weighted by atomic mass is 79.9. The maximum atomic E-state index is 13.9. The molecule has 216 valence electrons. The van der Waals surface area contributed by atoms with Gasteiger partial charge in [-0.15, -0.1) is 0 Å². The highest BCUT2D eigenvalue weighted by molar-refractivity contribution is 9.10. The Morgan fingerprint density at radius 1 is 0.976 bits per heavy atom. The Bertz CT molecular complexity index is 1810. The van der Waals surface area contributed by atoms with Crippen LogP contribution in [-0.2, 0) is 16.1 Å². The van der Waals surface area contributed by atoms with Crippen molar-refractivity contribution in [3.63, 3.8) is 0 Å². The molecule has 42 heavy (non-hydrogen) atoms. The van der Waals surface area contributed by atoms with Crippen LogP contribution in [0.1, 0.15) is 36.6 Å². The standard InChI is InChI=1S/C32H29BrN2O6S/c1-4-39-26-14-12-22(17-27(26)40-5-2)29-23(31(37)38-3)18-34-32-35(29)30(36)28(42-32)16-21-11-13-25(24(33)15-21)41-19-20-9-7-6-8-10-20/h6-18,29H,4-5,19H2,1-3H3/b28-16-/t29-/m0/s1. The Balaban J connectivity index is 1.53. The average molecular weight is 650 g/mol. The molecule has 0 radical (unpaired) electrons. The second-order valence-corrected chi connectivity index (χ2v) is 11.1. The van der Waals surface area contributed by atoms with Crippen LogP contribution in [0.25, 0.3) is 6.08 Å². The number of methoxy groups -OCH3 is 1. The van der Waals surface area contributed by atoms with E-state index in [1.54, 1.807) is 18.2 Å². The summed E-state index contributed by atoms with van der Waals surface area (Å²) in [4.78, 5) is 31.6. The van der Waals surface area contributed by atoms with Crippen LogP contribution >= 0.6 is 27.3 Å². The van der Waals surface area contributed by atoms with Gasteiger partial charge in [-0.2, -0.15) is 0 Å². The van der Waals surface area contributed by atoms with Crippen molar-refractivity contribution in [2.24, 2.45) is 4.99 Å². The number of hydrogen-bond donors (Lipinski definition) is 0. The van der Waals surface area contributed by atoms with Gasteiger partial charge in [0.15, 0.2) is 16.3 Å². The maximum Gasteiger partial charge on any atom is 0.337 e. The summed E-state index contributed by atoms with van der Waals surface area (Å²) in [6, 6.07) is 20.2. The molecular weight excluding hydrogens is 620 g/mol. The highest BCUT2D eigenvalue weighted by Crippen LogP contribution is 2.35. The van der Waals surface area contributed by atoms with Crippen molar-refractivity contribution < 1.29 is 23.7 Å². The predicted molar refractivity (Wildman–Crippen MR) is 165 cm³/mol. The van der Waals surface area contributed by atoms with Crippen molar-refractivity contribution in [1.82, 2.24) is 4.57 Å². The minimum absolute atomic E-state index is 0.241. The summed E-state index contributed by atoms with van der Waals surface area (Å²) in [7, 11) is 1.31. The molecule has 3 aromatic carbocycles. The van der Waals surface area contributed by atoms with E-state index in [-0.39, 0.29) is 11.1 Å². The number of aromatic nitrogens is 1. The van der Waals surface area contributed by atoms with Gasteiger partial charge < -0.3 is 18.9 Å². The molecule has 10 heteroatoms. The SMILES string of the molecule is CCOc1ccc([C@H]2C(C(=O)OC)=CN=c3s/c(=C\c4ccc(OCc5ccccc5)c(Br)c4)c(=O)n32)cc1OCC. The monoisotopic (exact) mass is 648 g/mol. The zero-order valence-corrected chi connectivity index (χ0v) is 25.7. The topological polar surface area (TPSA) is 88.4 Å². The lowest BCUT2D eigenvalue weighted by Crippen LogP contribution is -2.39. The van der Waals surface area contributed by atoms with E-state index in [9.17, 15) is 9.59 Å².